The van der Waals surface area contributed by atoms with Crippen LogP contribution < -0.4 is 5.32 Å². The molecule has 2 aromatic carbocycles. The molecule has 0 aromatic heterocycles. The minimum absolute atomic E-state index is 0.0176. The van der Waals surface area contributed by atoms with E-state index in [1.54, 1.807) is 11.8 Å². The fraction of sp³-hybridized carbons (Fsp3) is 0.444. The van der Waals surface area contributed by atoms with Gasteiger partial charge in [0.15, 0.2) is 0 Å². The number of carboxylic acid groups (broad SMARTS) is 1. The number of benzene rings is 2. The van der Waals surface area contributed by atoms with E-state index in [2.05, 4.69) is 29.6 Å². The van der Waals surface area contributed by atoms with Gasteiger partial charge in [-0.15, -0.1) is 0 Å². The predicted molar refractivity (Wildman–Crippen MR) is 131 cm³/mol. The topological polar surface area (TPSA) is 95.9 Å². The Labute approximate surface area is 201 Å². The van der Waals surface area contributed by atoms with Crippen LogP contribution in [0, 0.1) is 11.8 Å². The molecule has 0 bridgehead atoms. The van der Waals surface area contributed by atoms with E-state index < -0.39 is 18.0 Å². The number of rotatable bonds is 11. The molecule has 34 heavy (non-hydrogen) atoms. The molecule has 182 valence electrons. The Bertz CT molecular complexity index is 976. The molecule has 0 saturated heterocycles. The normalized spacial score (nSPS) is 14.0. The van der Waals surface area contributed by atoms with Crippen molar-refractivity contribution in [2.45, 2.75) is 39.5 Å². The number of carbonyl (C=O) groups excluding carboxylic acids is 2. The zero-order valence-electron chi connectivity index (χ0n) is 20.1. The summed E-state index contributed by atoms with van der Waals surface area (Å²) in [6, 6.07) is 16.4. The molecule has 0 radical (unpaired) electrons. The first-order valence-corrected chi connectivity index (χ1v) is 11.9. The maximum atomic E-state index is 12.6. The molecule has 0 spiro atoms. The van der Waals surface area contributed by atoms with E-state index in [0.717, 1.165) is 0 Å². The van der Waals surface area contributed by atoms with Crippen molar-refractivity contribution in [2.24, 2.45) is 11.8 Å². The van der Waals surface area contributed by atoms with Gasteiger partial charge in [0, 0.05) is 31.5 Å². The number of carbonyl (C=O) groups is 3. The number of hydrogen-bond donors (Lipinski definition) is 2. The second-order valence-corrected chi connectivity index (χ2v) is 8.91. The van der Waals surface area contributed by atoms with E-state index in [-0.39, 0.29) is 30.9 Å². The Morgan fingerprint density at radius 1 is 1.00 bits per heavy atom. The first-order chi connectivity index (χ1) is 16.3. The highest BCUT2D eigenvalue weighted by atomic mass is 16.5. The third-order valence-corrected chi connectivity index (χ3v) is 6.46. The standard InChI is InChI=1S/C27H34N2O5/c1-4-29(16-19(3)26(31)32)25(30)18(2)10-9-15-28-27(33)34-17-24-22-13-7-5-11-20(22)21-12-6-8-14-23(21)24/h5-8,11-14,18-19,24H,4,9-10,15-17H2,1-3H3,(H,28,33)(H,31,32). The van der Waals surface area contributed by atoms with Gasteiger partial charge in [0.1, 0.15) is 6.61 Å². The molecule has 2 N–H and O–H groups in total. The number of amides is 2. The highest BCUT2D eigenvalue weighted by Gasteiger charge is 2.29. The number of nitrogens with one attached hydrogen (secondary N) is 1. The van der Waals surface area contributed by atoms with Gasteiger partial charge in [0.25, 0.3) is 0 Å². The van der Waals surface area contributed by atoms with Crippen molar-refractivity contribution in [3.63, 3.8) is 0 Å². The van der Waals surface area contributed by atoms with Crippen LogP contribution in [-0.4, -0.2) is 54.2 Å². The van der Waals surface area contributed by atoms with Gasteiger partial charge in [-0.2, -0.15) is 0 Å². The zero-order chi connectivity index (χ0) is 24.7. The highest BCUT2D eigenvalue weighted by molar-refractivity contribution is 5.80. The SMILES string of the molecule is CCN(CC(C)C(=O)O)C(=O)C(C)CCCNC(=O)OCC1c2ccccc2-c2ccccc21. The summed E-state index contributed by atoms with van der Waals surface area (Å²) in [5, 5.41) is 11.9. The lowest BCUT2D eigenvalue weighted by Crippen LogP contribution is -2.39. The molecule has 2 atom stereocenters. The molecule has 7 nitrogen and oxygen atoms in total. The van der Waals surface area contributed by atoms with Gasteiger partial charge >= 0.3 is 12.1 Å². The first kappa shape index (κ1) is 25.3. The van der Waals surface area contributed by atoms with Crippen molar-refractivity contribution >= 4 is 18.0 Å². The molecule has 0 aliphatic heterocycles. The van der Waals surface area contributed by atoms with Gasteiger partial charge in [0.05, 0.1) is 5.92 Å². The van der Waals surface area contributed by atoms with Crippen LogP contribution in [0.2, 0.25) is 0 Å². The number of nitrogens with zero attached hydrogens (tertiary/aromatic N) is 1. The fourth-order valence-corrected chi connectivity index (χ4v) is 4.47. The van der Waals surface area contributed by atoms with Gasteiger partial charge in [-0.1, -0.05) is 62.4 Å². The molecule has 1 aliphatic carbocycles. The van der Waals surface area contributed by atoms with Crippen LogP contribution in [-0.2, 0) is 14.3 Å². The second-order valence-electron chi connectivity index (χ2n) is 8.91. The van der Waals surface area contributed by atoms with Crippen LogP contribution in [0.15, 0.2) is 48.5 Å². The lowest BCUT2D eigenvalue weighted by molar-refractivity contribution is -0.143. The van der Waals surface area contributed by atoms with Gasteiger partial charge in [-0.3, -0.25) is 9.59 Å². The Balaban J connectivity index is 1.42. The van der Waals surface area contributed by atoms with Crippen molar-refractivity contribution in [1.82, 2.24) is 10.2 Å². The summed E-state index contributed by atoms with van der Waals surface area (Å²) in [5.41, 5.74) is 4.71. The van der Waals surface area contributed by atoms with E-state index in [0.29, 0.717) is 25.9 Å². The largest absolute Gasteiger partial charge is 0.481 e. The summed E-state index contributed by atoms with van der Waals surface area (Å²) in [5.74, 6) is -1.80. The number of alkyl carbamates (subject to hydrolysis) is 1. The van der Waals surface area contributed by atoms with Crippen LogP contribution in [0.25, 0.3) is 11.1 Å². The minimum Gasteiger partial charge on any atom is -0.481 e. The summed E-state index contributed by atoms with van der Waals surface area (Å²) in [7, 11) is 0. The average molecular weight is 467 g/mol. The van der Waals surface area contributed by atoms with E-state index in [1.807, 2.05) is 38.1 Å². The number of ether oxygens (including phenoxy) is 1. The molecule has 2 unspecified atom stereocenters. The van der Waals surface area contributed by atoms with E-state index in [4.69, 9.17) is 9.84 Å². The third-order valence-electron chi connectivity index (χ3n) is 6.46. The number of hydrogen-bond acceptors (Lipinski definition) is 4. The zero-order valence-corrected chi connectivity index (χ0v) is 20.1. The lowest BCUT2D eigenvalue weighted by Gasteiger charge is -2.26. The Morgan fingerprint density at radius 3 is 2.15 bits per heavy atom. The second kappa shape index (κ2) is 11.7. The third kappa shape index (κ3) is 5.95. The van der Waals surface area contributed by atoms with Crippen LogP contribution in [0.4, 0.5) is 4.79 Å². The lowest BCUT2D eigenvalue weighted by atomic mass is 9.98. The number of carboxylic acids is 1. The van der Waals surface area contributed by atoms with Gasteiger partial charge < -0.3 is 20.1 Å². The molecular formula is C27H34N2O5. The predicted octanol–water partition coefficient (Wildman–Crippen LogP) is 4.51. The molecule has 0 saturated carbocycles. The molecule has 7 heteroatoms. The Morgan fingerprint density at radius 2 is 1.59 bits per heavy atom. The summed E-state index contributed by atoms with van der Waals surface area (Å²) >= 11 is 0. The summed E-state index contributed by atoms with van der Waals surface area (Å²) in [4.78, 5) is 37.6. The van der Waals surface area contributed by atoms with E-state index in [1.165, 1.54) is 22.3 Å². The van der Waals surface area contributed by atoms with Crippen molar-refractivity contribution in [3.05, 3.63) is 59.7 Å². The van der Waals surface area contributed by atoms with Crippen molar-refractivity contribution in [2.75, 3.05) is 26.2 Å². The average Bonchev–Trinajstić information content (AvgIpc) is 3.16. The first-order valence-electron chi connectivity index (χ1n) is 11.9. The monoisotopic (exact) mass is 466 g/mol. The Kier molecular flexibility index (Phi) is 8.68. The molecule has 0 fully saturated rings. The highest BCUT2D eigenvalue weighted by Crippen LogP contribution is 2.44. The Hall–Kier alpha value is -3.35. The minimum atomic E-state index is -0.911. The maximum absolute atomic E-state index is 12.6. The van der Waals surface area contributed by atoms with Gasteiger partial charge in [-0.25, -0.2) is 4.79 Å². The molecule has 3 rings (SSSR count). The summed E-state index contributed by atoms with van der Waals surface area (Å²) in [6.45, 7) is 6.63. The van der Waals surface area contributed by atoms with Crippen molar-refractivity contribution in [1.29, 1.82) is 0 Å². The molecule has 1 aliphatic rings. The van der Waals surface area contributed by atoms with Gasteiger partial charge in [-0.05, 0) is 42.0 Å². The summed E-state index contributed by atoms with van der Waals surface area (Å²) in [6.07, 6.45) is 0.759. The quantitative estimate of drug-likeness (QED) is 0.475. The summed E-state index contributed by atoms with van der Waals surface area (Å²) < 4.78 is 5.54. The molecule has 2 amide bonds. The van der Waals surface area contributed by atoms with Crippen LogP contribution in [0.1, 0.15) is 50.7 Å². The fourth-order valence-electron chi connectivity index (χ4n) is 4.47. The van der Waals surface area contributed by atoms with E-state index >= 15 is 0 Å². The number of fused-ring (bicyclic) bond motifs is 3. The van der Waals surface area contributed by atoms with Crippen LogP contribution >= 0.6 is 0 Å². The molecule has 0 heterocycles. The smallest absolute Gasteiger partial charge is 0.407 e. The van der Waals surface area contributed by atoms with Crippen LogP contribution in [0.3, 0.4) is 0 Å². The van der Waals surface area contributed by atoms with Crippen molar-refractivity contribution < 1.29 is 24.2 Å². The van der Waals surface area contributed by atoms with Gasteiger partial charge in [0.2, 0.25) is 5.91 Å². The molecule has 2 aromatic rings. The van der Waals surface area contributed by atoms with Crippen LogP contribution in [0.5, 0.6) is 0 Å². The number of aliphatic carboxylic acids is 1. The maximum Gasteiger partial charge on any atom is 0.407 e. The van der Waals surface area contributed by atoms with E-state index in [9.17, 15) is 14.4 Å². The molecular weight excluding hydrogens is 432 g/mol. The van der Waals surface area contributed by atoms with Crippen molar-refractivity contribution in [3.8, 4) is 11.1 Å².